The molecule has 0 aliphatic rings. The number of aryl methyl sites for hydroxylation is 1. The van der Waals surface area contributed by atoms with Gasteiger partial charge in [-0.15, -0.1) is 0 Å². The van der Waals surface area contributed by atoms with Gasteiger partial charge in [-0.25, -0.2) is 0 Å². The van der Waals surface area contributed by atoms with Gasteiger partial charge in [0.15, 0.2) is 6.29 Å². The van der Waals surface area contributed by atoms with Crippen molar-refractivity contribution in [1.82, 2.24) is 9.78 Å². The van der Waals surface area contributed by atoms with Gasteiger partial charge in [-0.1, -0.05) is 6.07 Å². The molecule has 1 aromatic heterocycles. The van der Waals surface area contributed by atoms with Crippen molar-refractivity contribution in [1.29, 1.82) is 0 Å². The Labute approximate surface area is 116 Å². The smallest absolute Gasteiger partial charge is 0.270 e. The SMILES string of the molecule is Cc1ccc([N+](=O)[O-])cc1-c1nn(C(C)C)cc1C=O. The molecule has 2 aromatic rings. The Morgan fingerprint density at radius 1 is 1.40 bits per heavy atom. The van der Waals surface area contributed by atoms with Crippen LogP contribution in [0.3, 0.4) is 0 Å². The fraction of sp³-hybridized carbons (Fsp3) is 0.286. The second-order valence-corrected chi connectivity index (χ2v) is 4.88. The van der Waals surface area contributed by atoms with Crippen molar-refractivity contribution in [3.05, 3.63) is 45.6 Å². The molecule has 0 bridgehead atoms. The minimum Gasteiger partial charge on any atom is -0.298 e. The first-order valence-electron chi connectivity index (χ1n) is 6.23. The summed E-state index contributed by atoms with van der Waals surface area (Å²) < 4.78 is 1.68. The third-order valence-corrected chi connectivity index (χ3v) is 3.10. The standard InChI is InChI=1S/C14H15N3O3/c1-9(2)16-7-11(8-18)14(15-16)13-6-12(17(19)20)5-4-10(13)3/h4-9H,1-3H3. The molecule has 0 aliphatic carbocycles. The molecule has 2 rings (SSSR count). The lowest BCUT2D eigenvalue weighted by Crippen LogP contribution is -2.01. The first-order chi connectivity index (χ1) is 9.43. The summed E-state index contributed by atoms with van der Waals surface area (Å²) in [5.41, 5.74) is 2.35. The van der Waals surface area contributed by atoms with E-state index in [2.05, 4.69) is 5.10 Å². The van der Waals surface area contributed by atoms with Crippen LogP contribution in [0.2, 0.25) is 0 Å². The zero-order valence-corrected chi connectivity index (χ0v) is 11.5. The van der Waals surface area contributed by atoms with Crippen molar-refractivity contribution in [2.24, 2.45) is 0 Å². The van der Waals surface area contributed by atoms with Gasteiger partial charge in [0.25, 0.3) is 5.69 Å². The van der Waals surface area contributed by atoms with Crippen LogP contribution >= 0.6 is 0 Å². The topological polar surface area (TPSA) is 78.0 Å². The molecule has 0 unspecified atom stereocenters. The molecule has 0 atom stereocenters. The molecule has 0 saturated carbocycles. The Balaban J connectivity index is 2.63. The maximum atomic E-state index is 11.2. The number of nitro benzene ring substituents is 1. The molecular weight excluding hydrogens is 258 g/mol. The van der Waals surface area contributed by atoms with E-state index in [4.69, 9.17) is 0 Å². The lowest BCUT2D eigenvalue weighted by molar-refractivity contribution is -0.384. The number of aromatic nitrogens is 2. The van der Waals surface area contributed by atoms with E-state index < -0.39 is 4.92 Å². The number of nitro groups is 1. The Bertz CT molecular complexity index is 674. The number of aldehydes is 1. The van der Waals surface area contributed by atoms with Gasteiger partial charge >= 0.3 is 0 Å². The van der Waals surface area contributed by atoms with Crippen molar-refractivity contribution in [2.45, 2.75) is 26.8 Å². The molecule has 0 radical (unpaired) electrons. The summed E-state index contributed by atoms with van der Waals surface area (Å²) in [5, 5.41) is 15.2. The summed E-state index contributed by atoms with van der Waals surface area (Å²) in [7, 11) is 0. The number of nitrogens with zero attached hydrogens (tertiary/aromatic N) is 3. The van der Waals surface area contributed by atoms with E-state index in [-0.39, 0.29) is 11.7 Å². The van der Waals surface area contributed by atoms with Crippen LogP contribution in [0, 0.1) is 17.0 Å². The molecule has 6 nitrogen and oxygen atoms in total. The Morgan fingerprint density at radius 2 is 2.10 bits per heavy atom. The van der Waals surface area contributed by atoms with Crippen LogP contribution in [0.1, 0.15) is 35.8 Å². The summed E-state index contributed by atoms with van der Waals surface area (Å²) in [6, 6.07) is 4.67. The zero-order chi connectivity index (χ0) is 14.9. The van der Waals surface area contributed by atoms with Gasteiger partial charge in [0.1, 0.15) is 5.69 Å². The second-order valence-electron chi connectivity index (χ2n) is 4.88. The van der Waals surface area contributed by atoms with Gasteiger partial charge in [-0.05, 0) is 26.3 Å². The van der Waals surface area contributed by atoms with Gasteiger partial charge in [0, 0.05) is 29.9 Å². The third-order valence-electron chi connectivity index (χ3n) is 3.10. The number of rotatable bonds is 4. The number of carbonyl (C=O) groups excluding carboxylic acids is 1. The maximum Gasteiger partial charge on any atom is 0.270 e. The highest BCUT2D eigenvalue weighted by molar-refractivity contribution is 5.86. The van der Waals surface area contributed by atoms with E-state index in [1.807, 2.05) is 20.8 Å². The molecule has 0 aliphatic heterocycles. The van der Waals surface area contributed by atoms with E-state index in [9.17, 15) is 14.9 Å². The molecular formula is C14H15N3O3. The predicted molar refractivity (Wildman–Crippen MR) is 74.8 cm³/mol. The van der Waals surface area contributed by atoms with Gasteiger partial charge in [0.2, 0.25) is 0 Å². The molecule has 1 aromatic carbocycles. The first-order valence-corrected chi connectivity index (χ1v) is 6.23. The van der Waals surface area contributed by atoms with Crippen LogP contribution in [-0.2, 0) is 0 Å². The molecule has 0 N–H and O–H groups in total. The lowest BCUT2D eigenvalue weighted by atomic mass is 10.0. The van der Waals surface area contributed by atoms with Crippen molar-refractivity contribution in [3.63, 3.8) is 0 Å². The van der Waals surface area contributed by atoms with Crippen LogP contribution in [0.25, 0.3) is 11.3 Å². The minimum atomic E-state index is -0.455. The fourth-order valence-corrected chi connectivity index (χ4v) is 1.94. The summed E-state index contributed by atoms with van der Waals surface area (Å²) in [4.78, 5) is 21.6. The summed E-state index contributed by atoms with van der Waals surface area (Å²) in [6.45, 7) is 5.74. The predicted octanol–water partition coefficient (Wildman–Crippen LogP) is 3.16. The third kappa shape index (κ3) is 2.45. The van der Waals surface area contributed by atoms with Gasteiger partial charge in [-0.3, -0.25) is 19.6 Å². The minimum absolute atomic E-state index is 0.0125. The van der Waals surface area contributed by atoms with E-state index >= 15 is 0 Å². The quantitative estimate of drug-likeness (QED) is 0.487. The van der Waals surface area contributed by atoms with Crippen molar-refractivity contribution in [3.8, 4) is 11.3 Å². The van der Waals surface area contributed by atoms with Crippen molar-refractivity contribution >= 4 is 12.0 Å². The zero-order valence-electron chi connectivity index (χ0n) is 11.5. The number of benzene rings is 1. The van der Waals surface area contributed by atoms with Gasteiger partial charge in [-0.2, -0.15) is 5.10 Å². The van der Waals surface area contributed by atoms with E-state index in [0.717, 1.165) is 11.8 Å². The van der Waals surface area contributed by atoms with Crippen LogP contribution < -0.4 is 0 Å². The van der Waals surface area contributed by atoms with E-state index in [1.165, 1.54) is 12.1 Å². The average molecular weight is 273 g/mol. The van der Waals surface area contributed by atoms with Crippen molar-refractivity contribution in [2.75, 3.05) is 0 Å². The molecule has 0 spiro atoms. The Hall–Kier alpha value is -2.50. The summed E-state index contributed by atoms with van der Waals surface area (Å²) in [6.07, 6.45) is 2.38. The van der Waals surface area contributed by atoms with Crippen LogP contribution in [-0.4, -0.2) is 21.0 Å². The van der Waals surface area contributed by atoms with E-state index in [0.29, 0.717) is 16.8 Å². The van der Waals surface area contributed by atoms with Crippen LogP contribution in [0.4, 0.5) is 5.69 Å². The Morgan fingerprint density at radius 3 is 2.65 bits per heavy atom. The highest BCUT2D eigenvalue weighted by Crippen LogP contribution is 2.29. The second kappa shape index (κ2) is 5.24. The Kier molecular flexibility index (Phi) is 3.65. The average Bonchev–Trinajstić information content (AvgIpc) is 2.83. The largest absolute Gasteiger partial charge is 0.298 e. The van der Waals surface area contributed by atoms with Crippen LogP contribution in [0.15, 0.2) is 24.4 Å². The monoisotopic (exact) mass is 273 g/mol. The van der Waals surface area contributed by atoms with E-state index in [1.54, 1.807) is 16.9 Å². The molecule has 104 valence electrons. The molecule has 20 heavy (non-hydrogen) atoms. The maximum absolute atomic E-state index is 11.2. The van der Waals surface area contributed by atoms with Crippen molar-refractivity contribution < 1.29 is 9.72 Å². The normalized spacial score (nSPS) is 10.8. The molecule has 1 heterocycles. The lowest BCUT2D eigenvalue weighted by Gasteiger charge is -2.05. The summed E-state index contributed by atoms with van der Waals surface area (Å²) in [5.74, 6) is 0. The molecule has 0 fully saturated rings. The molecule has 0 saturated heterocycles. The van der Waals surface area contributed by atoms with Crippen LogP contribution in [0.5, 0.6) is 0 Å². The molecule has 6 heteroatoms. The summed E-state index contributed by atoms with van der Waals surface area (Å²) >= 11 is 0. The van der Waals surface area contributed by atoms with Gasteiger partial charge in [0.05, 0.1) is 10.5 Å². The van der Waals surface area contributed by atoms with Gasteiger partial charge < -0.3 is 0 Å². The number of carbonyl (C=O) groups is 1. The first kappa shape index (κ1) is 13.9. The number of hydrogen-bond acceptors (Lipinski definition) is 4. The highest BCUT2D eigenvalue weighted by Gasteiger charge is 2.17. The molecule has 0 amide bonds. The highest BCUT2D eigenvalue weighted by atomic mass is 16.6. The number of non-ortho nitro benzene ring substituents is 1. The fourth-order valence-electron chi connectivity index (χ4n) is 1.94. The number of hydrogen-bond donors (Lipinski definition) is 0.